The van der Waals surface area contributed by atoms with Crippen LogP contribution in [-0.2, 0) is 11.3 Å². The molecule has 1 aromatic rings. The molecular weight excluding hydrogens is 186 g/mol. The standard InChI is InChI=1S/C13H18NO/c1-3-5-10-15-14-11-13-9-7-6-8-12(13)4-2/h6-9H,3-5,10H2,1-2H3. The summed E-state index contributed by atoms with van der Waals surface area (Å²) in [4.78, 5) is 5.09. The first-order chi connectivity index (χ1) is 7.38. The van der Waals surface area contributed by atoms with Crippen molar-refractivity contribution >= 4 is 6.21 Å². The lowest BCUT2D eigenvalue weighted by Crippen LogP contribution is -1.92. The molecular formula is C13H18NO. The lowest BCUT2D eigenvalue weighted by atomic mass is 10.1. The van der Waals surface area contributed by atoms with Gasteiger partial charge in [0.15, 0.2) is 0 Å². The lowest BCUT2D eigenvalue weighted by Gasteiger charge is -2.00. The van der Waals surface area contributed by atoms with Gasteiger partial charge in [0.2, 0.25) is 0 Å². The van der Waals surface area contributed by atoms with Gasteiger partial charge in [-0.3, -0.25) is 0 Å². The van der Waals surface area contributed by atoms with Gasteiger partial charge in [-0.25, -0.2) is 0 Å². The topological polar surface area (TPSA) is 21.6 Å². The van der Waals surface area contributed by atoms with Crippen LogP contribution in [-0.4, -0.2) is 12.8 Å². The Morgan fingerprint density at radius 3 is 2.80 bits per heavy atom. The van der Waals surface area contributed by atoms with Crippen LogP contribution >= 0.6 is 0 Å². The average molecular weight is 204 g/mol. The summed E-state index contributed by atoms with van der Waals surface area (Å²) >= 11 is 0. The maximum atomic E-state index is 5.09. The van der Waals surface area contributed by atoms with E-state index in [4.69, 9.17) is 4.84 Å². The van der Waals surface area contributed by atoms with Crippen molar-refractivity contribution in [1.82, 2.24) is 0 Å². The molecule has 0 saturated carbocycles. The first kappa shape index (κ1) is 11.8. The summed E-state index contributed by atoms with van der Waals surface area (Å²) in [5.74, 6) is 0. The molecule has 0 unspecified atom stereocenters. The quantitative estimate of drug-likeness (QED) is 0.396. The molecule has 0 aromatic heterocycles. The Morgan fingerprint density at radius 2 is 2.07 bits per heavy atom. The molecule has 1 aromatic carbocycles. The highest BCUT2D eigenvalue weighted by Crippen LogP contribution is 2.06. The summed E-state index contributed by atoms with van der Waals surface area (Å²) in [7, 11) is 0. The Morgan fingerprint density at radius 1 is 1.27 bits per heavy atom. The van der Waals surface area contributed by atoms with E-state index in [0.717, 1.165) is 24.8 Å². The fourth-order valence-corrected chi connectivity index (χ4v) is 1.27. The van der Waals surface area contributed by atoms with Crippen LogP contribution in [0.25, 0.3) is 0 Å². The number of benzene rings is 1. The third-order valence-corrected chi connectivity index (χ3v) is 2.22. The van der Waals surface area contributed by atoms with Crippen LogP contribution in [0, 0.1) is 0 Å². The highest BCUT2D eigenvalue weighted by Gasteiger charge is 1.96. The van der Waals surface area contributed by atoms with Crippen LogP contribution in [0.3, 0.4) is 0 Å². The van der Waals surface area contributed by atoms with E-state index in [1.807, 2.05) is 18.2 Å². The molecule has 1 rings (SSSR count). The van der Waals surface area contributed by atoms with Crippen molar-refractivity contribution in [3.8, 4) is 0 Å². The molecule has 0 heterocycles. The highest BCUT2D eigenvalue weighted by atomic mass is 16.6. The minimum absolute atomic E-state index is 0.678. The monoisotopic (exact) mass is 204 g/mol. The molecule has 0 saturated heterocycles. The van der Waals surface area contributed by atoms with Crippen molar-refractivity contribution < 1.29 is 4.84 Å². The van der Waals surface area contributed by atoms with Crippen LogP contribution in [0.15, 0.2) is 29.4 Å². The number of nitrogens with zero attached hydrogens (tertiary/aromatic N) is 1. The normalized spacial score (nSPS) is 10.8. The van der Waals surface area contributed by atoms with E-state index in [1.54, 1.807) is 0 Å². The second-order valence-electron chi connectivity index (χ2n) is 3.40. The minimum Gasteiger partial charge on any atom is -0.395 e. The average Bonchev–Trinajstić information content (AvgIpc) is 2.29. The molecule has 0 aliphatic carbocycles. The van der Waals surface area contributed by atoms with Gasteiger partial charge < -0.3 is 4.84 Å². The number of hydrogen-bond acceptors (Lipinski definition) is 2. The summed E-state index contributed by atoms with van der Waals surface area (Å²) < 4.78 is 0. The van der Waals surface area contributed by atoms with Gasteiger partial charge in [0.25, 0.3) is 0 Å². The Kier molecular flexibility index (Phi) is 5.52. The predicted molar refractivity (Wildman–Crippen MR) is 63.2 cm³/mol. The van der Waals surface area contributed by atoms with Crippen molar-refractivity contribution in [1.29, 1.82) is 0 Å². The van der Waals surface area contributed by atoms with Gasteiger partial charge in [0.05, 0.1) is 0 Å². The largest absolute Gasteiger partial charge is 0.395 e. The number of aryl methyl sites for hydroxylation is 1. The fourth-order valence-electron chi connectivity index (χ4n) is 1.27. The molecule has 0 aliphatic heterocycles. The molecule has 15 heavy (non-hydrogen) atoms. The number of rotatable bonds is 6. The van der Waals surface area contributed by atoms with E-state index < -0.39 is 0 Å². The maximum Gasteiger partial charge on any atom is 0.139 e. The maximum absolute atomic E-state index is 5.09. The molecule has 0 bridgehead atoms. The summed E-state index contributed by atoms with van der Waals surface area (Å²) in [5, 5.41) is 3.84. The highest BCUT2D eigenvalue weighted by molar-refractivity contribution is 5.81. The fraction of sp³-hybridized carbons (Fsp3) is 0.462. The third kappa shape index (κ3) is 4.15. The number of hydrogen-bond donors (Lipinski definition) is 0. The molecule has 81 valence electrons. The zero-order valence-corrected chi connectivity index (χ0v) is 9.49. The zero-order valence-electron chi connectivity index (χ0n) is 9.49. The van der Waals surface area contributed by atoms with Crippen LogP contribution in [0.5, 0.6) is 0 Å². The minimum atomic E-state index is 0.678. The van der Waals surface area contributed by atoms with E-state index in [9.17, 15) is 0 Å². The van der Waals surface area contributed by atoms with Crippen LogP contribution in [0.4, 0.5) is 0 Å². The Labute approximate surface area is 91.9 Å². The van der Waals surface area contributed by atoms with E-state index in [-0.39, 0.29) is 0 Å². The van der Waals surface area contributed by atoms with Crippen LogP contribution in [0.2, 0.25) is 0 Å². The molecule has 0 spiro atoms. The van der Waals surface area contributed by atoms with Gasteiger partial charge in [-0.1, -0.05) is 49.7 Å². The second-order valence-corrected chi connectivity index (χ2v) is 3.40. The summed E-state index contributed by atoms with van der Waals surface area (Å²) in [6.07, 6.45) is 6.09. The molecule has 0 fully saturated rings. The Balaban J connectivity index is 2.48. The van der Waals surface area contributed by atoms with Crippen molar-refractivity contribution in [2.24, 2.45) is 5.16 Å². The SMILES string of the molecule is CCCCO/N=[C]\c1ccccc1CC. The van der Waals surface area contributed by atoms with Gasteiger partial charge >= 0.3 is 0 Å². The van der Waals surface area contributed by atoms with E-state index in [2.05, 4.69) is 31.3 Å². The summed E-state index contributed by atoms with van der Waals surface area (Å²) in [6.45, 7) is 4.93. The first-order valence-electron chi connectivity index (χ1n) is 5.54. The van der Waals surface area contributed by atoms with Crippen LogP contribution < -0.4 is 0 Å². The van der Waals surface area contributed by atoms with Crippen molar-refractivity contribution in [2.45, 2.75) is 33.1 Å². The lowest BCUT2D eigenvalue weighted by molar-refractivity contribution is 0.143. The van der Waals surface area contributed by atoms with Crippen LogP contribution in [0.1, 0.15) is 37.8 Å². The van der Waals surface area contributed by atoms with Gasteiger partial charge in [0, 0.05) is 5.56 Å². The molecule has 2 heteroatoms. The zero-order chi connectivity index (χ0) is 10.9. The Hall–Kier alpha value is -1.31. The van der Waals surface area contributed by atoms with Gasteiger partial charge in [0.1, 0.15) is 12.8 Å². The van der Waals surface area contributed by atoms with Crippen molar-refractivity contribution in [3.63, 3.8) is 0 Å². The second kappa shape index (κ2) is 7.04. The molecule has 2 nitrogen and oxygen atoms in total. The molecule has 0 aliphatic rings. The first-order valence-corrected chi connectivity index (χ1v) is 5.54. The van der Waals surface area contributed by atoms with Crippen molar-refractivity contribution in [2.75, 3.05) is 6.61 Å². The van der Waals surface area contributed by atoms with Gasteiger partial charge in [-0.2, -0.15) is 0 Å². The smallest absolute Gasteiger partial charge is 0.139 e. The number of unbranched alkanes of at least 4 members (excludes halogenated alkanes) is 1. The van der Waals surface area contributed by atoms with E-state index in [1.165, 1.54) is 5.56 Å². The molecule has 0 amide bonds. The molecule has 1 radical (unpaired) electrons. The third-order valence-electron chi connectivity index (χ3n) is 2.22. The predicted octanol–water partition coefficient (Wildman–Crippen LogP) is 3.28. The van der Waals surface area contributed by atoms with E-state index in [0.29, 0.717) is 6.61 Å². The van der Waals surface area contributed by atoms with Gasteiger partial charge in [-0.05, 0) is 18.4 Å². The van der Waals surface area contributed by atoms with E-state index >= 15 is 0 Å². The Bertz CT molecular complexity index is 307. The summed E-state index contributed by atoms with van der Waals surface area (Å²) in [6, 6.07) is 8.11. The van der Waals surface area contributed by atoms with Gasteiger partial charge in [-0.15, -0.1) is 0 Å². The molecule has 0 atom stereocenters. The molecule has 0 N–H and O–H groups in total. The van der Waals surface area contributed by atoms with Crippen molar-refractivity contribution in [3.05, 3.63) is 35.4 Å². The summed E-state index contributed by atoms with van der Waals surface area (Å²) in [5.41, 5.74) is 2.27.